The van der Waals surface area contributed by atoms with Crippen LogP contribution in [0.3, 0.4) is 0 Å². The van der Waals surface area contributed by atoms with Gasteiger partial charge in [0.2, 0.25) is 5.95 Å². The van der Waals surface area contributed by atoms with Crippen LogP contribution in [-0.2, 0) is 0 Å². The molecule has 0 spiro atoms. The monoisotopic (exact) mass is 289 g/mol. The first-order chi connectivity index (χ1) is 10.7. The average Bonchev–Trinajstić information content (AvgIpc) is 3.01. The van der Waals surface area contributed by atoms with Crippen LogP contribution in [0, 0.1) is 0 Å². The second-order valence-corrected chi connectivity index (χ2v) is 5.51. The molecule has 0 aliphatic rings. The Hall–Kier alpha value is -2.88. The summed E-state index contributed by atoms with van der Waals surface area (Å²) in [5, 5.41) is 2.15. The summed E-state index contributed by atoms with van der Waals surface area (Å²) in [6, 6.07) is 14.4. The zero-order chi connectivity index (χ0) is 15.1. The van der Waals surface area contributed by atoms with Crippen molar-refractivity contribution < 1.29 is 4.42 Å². The van der Waals surface area contributed by atoms with Crippen LogP contribution in [0.4, 0.5) is 5.95 Å². The molecule has 0 bridgehead atoms. The van der Waals surface area contributed by atoms with Gasteiger partial charge in [0.25, 0.3) is 0 Å². The van der Waals surface area contributed by atoms with E-state index in [-0.39, 0.29) is 0 Å². The predicted octanol–water partition coefficient (Wildman–Crippen LogP) is 4.11. The van der Waals surface area contributed by atoms with Gasteiger partial charge in [0, 0.05) is 31.1 Å². The summed E-state index contributed by atoms with van der Waals surface area (Å²) in [7, 11) is 3.88. The fourth-order valence-corrected chi connectivity index (χ4v) is 2.56. The third-order valence-corrected chi connectivity index (χ3v) is 3.75. The van der Waals surface area contributed by atoms with E-state index in [1.165, 1.54) is 0 Å². The van der Waals surface area contributed by atoms with Crippen molar-refractivity contribution in [1.82, 2.24) is 9.97 Å². The van der Waals surface area contributed by atoms with Gasteiger partial charge < -0.3 is 9.32 Å². The summed E-state index contributed by atoms with van der Waals surface area (Å²) in [5.74, 6) is 0.722. The molecule has 4 rings (SSSR count). The number of hydrogen-bond donors (Lipinski definition) is 0. The Morgan fingerprint density at radius 1 is 0.909 bits per heavy atom. The third-order valence-electron chi connectivity index (χ3n) is 3.75. The molecule has 108 valence electrons. The highest BCUT2D eigenvalue weighted by atomic mass is 16.3. The number of anilines is 1. The van der Waals surface area contributed by atoms with Gasteiger partial charge in [-0.3, -0.25) is 0 Å². The van der Waals surface area contributed by atoms with E-state index in [2.05, 4.69) is 34.2 Å². The zero-order valence-corrected chi connectivity index (χ0v) is 12.4. The molecule has 4 nitrogen and oxygen atoms in total. The Morgan fingerprint density at radius 3 is 2.50 bits per heavy atom. The highest BCUT2D eigenvalue weighted by molar-refractivity contribution is 5.88. The lowest BCUT2D eigenvalue weighted by atomic mass is 10.0. The number of benzene rings is 2. The molecule has 0 radical (unpaired) electrons. The SMILES string of the molecule is CN(C)c1ncc2cc(-c3ccc4occc4c3)ccc2n1. The molecule has 0 saturated carbocycles. The zero-order valence-electron chi connectivity index (χ0n) is 12.4. The van der Waals surface area contributed by atoms with Crippen LogP contribution in [0.25, 0.3) is 33.0 Å². The largest absolute Gasteiger partial charge is 0.464 e. The van der Waals surface area contributed by atoms with Crippen molar-refractivity contribution in [2.45, 2.75) is 0 Å². The summed E-state index contributed by atoms with van der Waals surface area (Å²) < 4.78 is 5.39. The quantitative estimate of drug-likeness (QED) is 0.557. The maximum absolute atomic E-state index is 5.39. The number of hydrogen-bond acceptors (Lipinski definition) is 4. The number of furan rings is 1. The topological polar surface area (TPSA) is 42.2 Å². The van der Waals surface area contributed by atoms with Gasteiger partial charge in [-0.1, -0.05) is 12.1 Å². The van der Waals surface area contributed by atoms with Gasteiger partial charge >= 0.3 is 0 Å². The van der Waals surface area contributed by atoms with E-state index < -0.39 is 0 Å². The van der Waals surface area contributed by atoms with Gasteiger partial charge in [-0.25, -0.2) is 9.97 Å². The first kappa shape index (κ1) is 12.8. The van der Waals surface area contributed by atoms with E-state index in [9.17, 15) is 0 Å². The van der Waals surface area contributed by atoms with Crippen molar-refractivity contribution in [3.8, 4) is 11.1 Å². The highest BCUT2D eigenvalue weighted by Gasteiger charge is 2.05. The Kier molecular flexibility index (Phi) is 2.82. The maximum Gasteiger partial charge on any atom is 0.225 e. The minimum atomic E-state index is 0.722. The average molecular weight is 289 g/mol. The Labute approximate surface area is 128 Å². The van der Waals surface area contributed by atoms with Crippen LogP contribution < -0.4 is 4.90 Å². The van der Waals surface area contributed by atoms with Crippen LogP contribution in [0.1, 0.15) is 0 Å². The molecule has 0 unspecified atom stereocenters. The van der Waals surface area contributed by atoms with Gasteiger partial charge in [-0.2, -0.15) is 0 Å². The Bertz CT molecular complexity index is 972. The molecule has 2 aromatic heterocycles. The van der Waals surface area contributed by atoms with E-state index in [0.29, 0.717) is 0 Å². The van der Waals surface area contributed by atoms with Crippen molar-refractivity contribution in [3.63, 3.8) is 0 Å². The Balaban J connectivity index is 1.83. The second-order valence-electron chi connectivity index (χ2n) is 5.51. The van der Waals surface area contributed by atoms with E-state index >= 15 is 0 Å². The fraction of sp³-hybridized carbons (Fsp3) is 0.111. The van der Waals surface area contributed by atoms with Crippen molar-refractivity contribution in [2.24, 2.45) is 0 Å². The van der Waals surface area contributed by atoms with Crippen molar-refractivity contribution >= 4 is 27.8 Å². The number of rotatable bonds is 2. The molecular formula is C18H15N3O. The summed E-state index contributed by atoms with van der Waals surface area (Å²) >= 11 is 0. The molecule has 4 heteroatoms. The van der Waals surface area contributed by atoms with Gasteiger partial charge in [0.05, 0.1) is 11.8 Å². The van der Waals surface area contributed by atoms with Gasteiger partial charge in [0.15, 0.2) is 0 Å². The number of nitrogens with zero attached hydrogens (tertiary/aromatic N) is 3. The van der Waals surface area contributed by atoms with Crippen LogP contribution in [0.2, 0.25) is 0 Å². The summed E-state index contributed by atoms with van der Waals surface area (Å²) in [5.41, 5.74) is 4.17. The molecule has 2 aromatic carbocycles. The van der Waals surface area contributed by atoms with E-state index in [4.69, 9.17) is 4.42 Å². The van der Waals surface area contributed by atoms with Gasteiger partial charge in [-0.05, 0) is 41.5 Å². The van der Waals surface area contributed by atoms with Crippen molar-refractivity contribution in [3.05, 3.63) is 54.9 Å². The van der Waals surface area contributed by atoms with E-state index in [1.807, 2.05) is 43.4 Å². The smallest absolute Gasteiger partial charge is 0.225 e. The number of aromatic nitrogens is 2. The lowest BCUT2D eigenvalue weighted by Gasteiger charge is -2.10. The van der Waals surface area contributed by atoms with Crippen LogP contribution >= 0.6 is 0 Å². The minimum Gasteiger partial charge on any atom is -0.464 e. The second kappa shape index (κ2) is 4.84. The minimum absolute atomic E-state index is 0.722. The molecule has 0 amide bonds. The molecule has 0 N–H and O–H groups in total. The highest BCUT2D eigenvalue weighted by Crippen LogP contribution is 2.27. The Morgan fingerprint density at radius 2 is 1.68 bits per heavy atom. The molecule has 4 aromatic rings. The molecule has 0 saturated heterocycles. The van der Waals surface area contributed by atoms with Crippen molar-refractivity contribution in [2.75, 3.05) is 19.0 Å². The predicted molar refractivity (Wildman–Crippen MR) is 89.1 cm³/mol. The molecule has 0 fully saturated rings. The number of fused-ring (bicyclic) bond motifs is 2. The summed E-state index contributed by atoms with van der Waals surface area (Å²) in [6.45, 7) is 0. The summed E-state index contributed by atoms with van der Waals surface area (Å²) in [4.78, 5) is 10.8. The van der Waals surface area contributed by atoms with E-state index in [0.717, 1.165) is 38.9 Å². The molecule has 2 heterocycles. The lowest BCUT2D eigenvalue weighted by molar-refractivity contribution is 0.616. The van der Waals surface area contributed by atoms with Crippen LogP contribution in [0.15, 0.2) is 59.3 Å². The molecular weight excluding hydrogens is 274 g/mol. The molecule has 22 heavy (non-hydrogen) atoms. The standard InChI is InChI=1S/C18H15N3O/c1-21(2)18-19-11-15-10-12(3-5-16(15)20-18)13-4-6-17-14(9-13)7-8-22-17/h3-11H,1-2H3. The van der Waals surface area contributed by atoms with Crippen molar-refractivity contribution in [1.29, 1.82) is 0 Å². The first-order valence-corrected chi connectivity index (χ1v) is 7.12. The van der Waals surface area contributed by atoms with Gasteiger partial charge in [-0.15, -0.1) is 0 Å². The fourth-order valence-electron chi connectivity index (χ4n) is 2.56. The normalized spacial score (nSPS) is 11.2. The molecule has 0 aliphatic carbocycles. The third kappa shape index (κ3) is 2.09. The molecule has 0 aliphatic heterocycles. The van der Waals surface area contributed by atoms with Crippen LogP contribution in [-0.4, -0.2) is 24.1 Å². The summed E-state index contributed by atoms with van der Waals surface area (Å²) in [6.07, 6.45) is 3.59. The van der Waals surface area contributed by atoms with Crippen LogP contribution in [0.5, 0.6) is 0 Å². The first-order valence-electron chi connectivity index (χ1n) is 7.12. The lowest BCUT2D eigenvalue weighted by Crippen LogP contribution is -2.12. The van der Waals surface area contributed by atoms with Gasteiger partial charge in [0.1, 0.15) is 5.58 Å². The van der Waals surface area contributed by atoms with E-state index in [1.54, 1.807) is 6.26 Å². The molecule has 0 atom stereocenters. The maximum atomic E-state index is 5.39.